The van der Waals surface area contributed by atoms with Gasteiger partial charge in [0, 0.05) is 6.42 Å². The zero-order valence-corrected chi connectivity index (χ0v) is 54.6. The molecule has 3 fully saturated rings. The van der Waals surface area contributed by atoms with E-state index in [0.717, 1.165) is 89.9 Å². The number of unbranched alkanes of at least 4 members (excludes halogenated alkanes) is 21. The monoisotopic (exact) mass is 1280 g/mol. The normalized spacial score (nSPS) is 28.7. The lowest BCUT2D eigenvalue weighted by molar-refractivity contribution is -0.379. The minimum Gasteiger partial charge on any atom is -0.394 e. The van der Waals surface area contributed by atoms with Crippen molar-refractivity contribution in [3.63, 3.8) is 0 Å². The summed E-state index contributed by atoms with van der Waals surface area (Å²) in [6, 6.07) is -0.999. The van der Waals surface area contributed by atoms with Gasteiger partial charge in [-0.25, -0.2) is 0 Å². The van der Waals surface area contributed by atoms with Gasteiger partial charge in [0.05, 0.1) is 38.6 Å². The summed E-state index contributed by atoms with van der Waals surface area (Å²) in [5.41, 5.74) is 0. The minimum absolute atomic E-state index is 0.224. The molecule has 3 aliphatic rings. The van der Waals surface area contributed by atoms with Gasteiger partial charge in [-0.15, -0.1) is 0 Å². The van der Waals surface area contributed by atoms with E-state index in [0.29, 0.717) is 12.8 Å². The summed E-state index contributed by atoms with van der Waals surface area (Å²) in [6.07, 6.45) is 40.9. The molecule has 0 radical (unpaired) electrons. The lowest BCUT2D eigenvalue weighted by Gasteiger charge is -2.48. The molecule has 19 heteroatoms. The van der Waals surface area contributed by atoms with E-state index in [-0.39, 0.29) is 18.9 Å². The highest BCUT2D eigenvalue weighted by Gasteiger charge is 2.53. The molecule has 3 aliphatic heterocycles. The van der Waals surface area contributed by atoms with Crippen LogP contribution < -0.4 is 5.32 Å². The van der Waals surface area contributed by atoms with Gasteiger partial charge in [-0.3, -0.25) is 4.79 Å². The Morgan fingerprint density at radius 3 is 1.24 bits per heavy atom. The summed E-state index contributed by atoms with van der Waals surface area (Å²) in [5.74, 6) is -0.294. The molecule has 17 unspecified atom stereocenters. The van der Waals surface area contributed by atoms with Gasteiger partial charge >= 0.3 is 0 Å². The van der Waals surface area contributed by atoms with Gasteiger partial charge in [0.2, 0.25) is 5.91 Å². The first kappa shape index (κ1) is 80.9. The Morgan fingerprint density at radius 1 is 0.411 bits per heavy atom. The van der Waals surface area contributed by atoms with E-state index < -0.39 is 124 Å². The Morgan fingerprint density at radius 2 is 0.778 bits per heavy atom. The molecule has 0 aromatic rings. The van der Waals surface area contributed by atoms with Gasteiger partial charge in [0.15, 0.2) is 18.9 Å². The standard InChI is InChI=1S/C71H121NO18/c1-3-5-7-9-11-13-15-17-19-21-22-23-24-25-26-27-28-29-30-31-32-33-35-37-39-41-43-45-47-49-59(77)72-54(55(76)48-46-44-42-40-38-36-34-20-18-16-14-12-10-8-6-4-2)53-85-69-65(83)62(80)67(57(51-74)87-69)90-71-66(84)63(81)68(58(52-75)88-71)89-70-64(82)61(79)60(78)56(50-73)86-70/h5,7,11,13,17,19,22-23,25-26,28-29,38,40,46,48,54-58,60-71,73-76,78-84H,3-4,6,8-10,12,14-16,18,20-21,24,27,30-37,39,41-45,47,49-53H2,1-2H3,(H,72,77)/b7-5-,13-11-,19-17-,23-22-,26-25-,29-28-,40-38+,48-46+. The fourth-order valence-corrected chi connectivity index (χ4v) is 11.0. The number of aliphatic hydroxyl groups is 11. The second kappa shape index (κ2) is 52.0. The zero-order valence-electron chi connectivity index (χ0n) is 54.6. The summed E-state index contributed by atoms with van der Waals surface area (Å²) in [7, 11) is 0. The molecule has 17 atom stereocenters. The van der Waals surface area contributed by atoms with Crippen molar-refractivity contribution in [1.29, 1.82) is 0 Å². The fraction of sp³-hybridized carbons (Fsp3) is 0.761. The first-order valence-electron chi connectivity index (χ1n) is 34.5. The van der Waals surface area contributed by atoms with Gasteiger partial charge in [-0.2, -0.15) is 0 Å². The van der Waals surface area contributed by atoms with E-state index in [2.05, 4.69) is 104 Å². The molecule has 0 aliphatic carbocycles. The number of hydrogen-bond acceptors (Lipinski definition) is 18. The number of nitrogens with one attached hydrogen (secondary N) is 1. The van der Waals surface area contributed by atoms with Crippen LogP contribution in [0, 0.1) is 0 Å². The molecule has 0 saturated carbocycles. The highest BCUT2D eigenvalue weighted by atomic mass is 16.8. The molecule has 0 bridgehead atoms. The van der Waals surface area contributed by atoms with E-state index in [9.17, 15) is 61.0 Å². The molecule has 518 valence electrons. The highest BCUT2D eigenvalue weighted by molar-refractivity contribution is 5.76. The van der Waals surface area contributed by atoms with Crippen LogP contribution in [0.2, 0.25) is 0 Å². The largest absolute Gasteiger partial charge is 0.394 e. The van der Waals surface area contributed by atoms with Crippen molar-refractivity contribution in [2.24, 2.45) is 0 Å². The Bertz CT molecular complexity index is 2010. The van der Waals surface area contributed by atoms with Crippen LogP contribution in [-0.2, 0) is 33.2 Å². The summed E-state index contributed by atoms with van der Waals surface area (Å²) < 4.78 is 34.3. The van der Waals surface area contributed by atoms with Gasteiger partial charge in [0.1, 0.15) is 73.2 Å². The van der Waals surface area contributed by atoms with Crippen LogP contribution in [0.4, 0.5) is 0 Å². The molecule has 0 spiro atoms. The topological polar surface area (TPSA) is 307 Å². The second-order valence-electron chi connectivity index (χ2n) is 24.2. The summed E-state index contributed by atoms with van der Waals surface area (Å²) >= 11 is 0. The van der Waals surface area contributed by atoms with Crippen LogP contribution in [0.3, 0.4) is 0 Å². The Balaban J connectivity index is 1.43. The molecule has 12 N–H and O–H groups in total. The number of aliphatic hydroxyl groups excluding tert-OH is 11. The number of amides is 1. The predicted molar refractivity (Wildman–Crippen MR) is 351 cm³/mol. The molecule has 3 rings (SSSR count). The maximum atomic E-state index is 13.4. The third-order valence-electron chi connectivity index (χ3n) is 16.6. The van der Waals surface area contributed by atoms with E-state index in [4.69, 9.17) is 28.4 Å². The van der Waals surface area contributed by atoms with Gasteiger partial charge in [-0.1, -0.05) is 220 Å². The van der Waals surface area contributed by atoms with E-state index >= 15 is 0 Å². The lowest BCUT2D eigenvalue weighted by Crippen LogP contribution is -2.66. The van der Waals surface area contributed by atoms with Crippen LogP contribution in [-0.4, -0.2) is 193 Å². The third-order valence-corrected chi connectivity index (χ3v) is 16.6. The van der Waals surface area contributed by atoms with Gasteiger partial charge < -0.3 is 89.9 Å². The van der Waals surface area contributed by atoms with Crippen molar-refractivity contribution in [3.8, 4) is 0 Å². The second-order valence-corrected chi connectivity index (χ2v) is 24.2. The van der Waals surface area contributed by atoms with Crippen LogP contribution in [0.25, 0.3) is 0 Å². The minimum atomic E-state index is -1.99. The van der Waals surface area contributed by atoms with Crippen LogP contribution >= 0.6 is 0 Å². The molecule has 19 nitrogen and oxygen atoms in total. The number of carbonyl (C=O) groups is 1. The average Bonchev–Trinajstić information content (AvgIpc) is 1.05. The zero-order chi connectivity index (χ0) is 65.4. The number of allylic oxidation sites excluding steroid dienone is 15. The van der Waals surface area contributed by atoms with E-state index in [1.165, 1.54) is 89.9 Å². The molecular weight excluding hydrogens is 1150 g/mol. The van der Waals surface area contributed by atoms with Crippen LogP contribution in [0.5, 0.6) is 0 Å². The van der Waals surface area contributed by atoms with Crippen LogP contribution in [0.1, 0.15) is 213 Å². The third kappa shape index (κ3) is 33.7. The highest BCUT2D eigenvalue weighted by Crippen LogP contribution is 2.33. The SMILES string of the molecule is CC/C=C\C/C=C\C/C=C\C/C=C\C/C=C\C/C=C\CCCCCCCCCCCCC(=O)NC(COC1OC(CO)C(OC2OC(CO)C(OC3OC(CO)C(O)C(O)C3O)C(O)C2O)C(O)C1O)C(O)/C=C/CC/C=C/CCCCCCCCCCCC. The quantitative estimate of drug-likeness (QED) is 0.0200. The fourth-order valence-electron chi connectivity index (χ4n) is 11.0. The number of ether oxygens (including phenoxy) is 6. The molecule has 90 heavy (non-hydrogen) atoms. The van der Waals surface area contributed by atoms with Gasteiger partial charge in [0.25, 0.3) is 0 Å². The molecule has 0 aromatic carbocycles. The smallest absolute Gasteiger partial charge is 0.220 e. The average molecular weight is 1280 g/mol. The summed E-state index contributed by atoms with van der Waals surface area (Å²) in [6.45, 7) is 1.58. The maximum absolute atomic E-state index is 13.4. The molecule has 0 aromatic heterocycles. The van der Waals surface area contributed by atoms with Crippen molar-refractivity contribution in [2.45, 2.75) is 317 Å². The first-order valence-corrected chi connectivity index (χ1v) is 34.5. The first-order chi connectivity index (χ1) is 43.8. The Kier molecular flexibility index (Phi) is 46.8. The summed E-state index contributed by atoms with van der Waals surface area (Å²) in [4.78, 5) is 13.4. The van der Waals surface area contributed by atoms with Crippen molar-refractivity contribution in [1.82, 2.24) is 5.32 Å². The number of rotatable bonds is 51. The molecule has 3 heterocycles. The lowest BCUT2D eigenvalue weighted by atomic mass is 9.96. The van der Waals surface area contributed by atoms with E-state index in [1.807, 2.05) is 6.08 Å². The van der Waals surface area contributed by atoms with Crippen molar-refractivity contribution in [2.75, 3.05) is 26.4 Å². The van der Waals surface area contributed by atoms with Gasteiger partial charge in [-0.05, 0) is 83.5 Å². The van der Waals surface area contributed by atoms with Crippen LogP contribution in [0.15, 0.2) is 97.2 Å². The Hall–Kier alpha value is -3.29. The Labute approximate surface area is 539 Å². The molecule has 3 saturated heterocycles. The van der Waals surface area contributed by atoms with Crippen molar-refractivity contribution < 1.29 is 89.4 Å². The number of carbonyl (C=O) groups excluding carboxylic acids is 1. The number of hydrogen-bond donors (Lipinski definition) is 12. The molecule has 1 amide bonds. The maximum Gasteiger partial charge on any atom is 0.220 e. The van der Waals surface area contributed by atoms with E-state index in [1.54, 1.807) is 6.08 Å². The molecular formula is C71H121NO18. The van der Waals surface area contributed by atoms with Crippen molar-refractivity contribution >= 4 is 5.91 Å². The summed E-state index contributed by atoms with van der Waals surface area (Å²) in [5, 5.41) is 120. The van der Waals surface area contributed by atoms with Crippen molar-refractivity contribution in [3.05, 3.63) is 97.2 Å². The predicted octanol–water partition coefficient (Wildman–Crippen LogP) is 8.88.